The Morgan fingerprint density at radius 3 is 1.25 bits per heavy atom. The van der Waals surface area contributed by atoms with Crippen LogP contribution in [-0.4, -0.2) is 15.0 Å². The molecule has 0 aliphatic rings. The minimum absolute atomic E-state index is 0.536. The smallest absolute Gasteiger partial charge is 0.164 e. The van der Waals surface area contributed by atoms with Gasteiger partial charge in [0, 0.05) is 27.5 Å². The summed E-state index contributed by atoms with van der Waals surface area (Å²) in [5, 5.41) is 11.5. The molecule has 0 radical (unpaired) electrons. The molecule has 294 valence electrons. The first-order valence-electron chi connectivity index (χ1n) is 20.9. The molecule has 9 aromatic carbocycles. The first-order valence-corrected chi connectivity index (χ1v) is 20.9. The second kappa shape index (κ2) is 16.0. The molecule has 0 N–H and O–H groups in total. The van der Waals surface area contributed by atoms with E-state index in [0.29, 0.717) is 23.0 Å². The molecule has 0 bridgehead atoms. The molecule has 0 atom stereocenters. The molecule has 5 heteroatoms. The standard InChI is InChI=1S/C58H36N4O/c59-37-38-26-28-41(29-27-38)44-18-9-22-48(34-44)56-60-57(49-23-10-20-46(35-49)45-19-7-16-42(32-45)39-12-3-1-4-13-39)62-58(61-56)50-30-31-52-54(36-50)63-53-25-11-24-51(55(52)53)47-21-8-17-43(33-47)40-14-5-2-6-15-40/h1-36H. The van der Waals surface area contributed by atoms with Gasteiger partial charge in [-0.3, -0.25) is 0 Å². The maximum Gasteiger partial charge on any atom is 0.164 e. The van der Waals surface area contributed by atoms with Crippen LogP contribution in [0.5, 0.6) is 0 Å². The maximum absolute atomic E-state index is 9.39. The number of furan rings is 1. The largest absolute Gasteiger partial charge is 0.456 e. The van der Waals surface area contributed by atoms with Crippen LogP contribution in [0.3, 0.4) is 0 Å². The molecule has 11 aromatic rings. The lowest BCUT2D eigenvalue weighted by atomic mass is 9.96. The Bertz CT molecular complexity index is 3510. The first-order chi connectivity index (χ1) is 31.1. The van der Waals surface area contributed by atoms with Crippen molar-refractivity contribution in [3.05, 3.63) is 224 Å². The van der Waals surface area contributed by atoms with E-state index in [-0.39, 0.29) is 0 Å². The van der Waals surface area contributed by atoms with Crippen molar-refractivity contribution in [1.82, 2.24) is 15.0 Å². The van der Waals surface area contributed by atoms with Gasteiger partial charge in [0.1, 0.15) is 11.2 Å². The van der Waals surface area contributed by atoms with Gasteiger partial charge in [0.25, 0.3) is 0 Å². The molecule has 2 heterocycles. The summed E-state index contributed by atoms with van der Waals surface area (Å²) in [7, 11) is 0. The van der Waals surface area contributed by atoms with E-state index in [0.717, 1.165) is 83.1 Å². The molecule has 5 nitrogen and oxygen atoms in total. The Morgan fingerprint density at radius 1 is 0.317 bits per heavy atom. The van der Waals surface area contributed by atoms with Crippen LogP contribution in [0.1, 0.15) is 5.56 Å². The summed E-state index contributed by atoms with van der Waals surface area (Å²) in [6.45, 7) is 0. The molecule has 0 saturated heterocycles. The van der Waals surface area contributed by atoms with E-state index in [2.05, 4.69) is 164 Å². The highest BCUT2D eigenvalue weighted by atomic mass is 16.3. The quantitative estimate of drug-likeness (QED) is 0.153. The Balaban J connectivity index is 1.03. The number of hydrogen-bond acceptors (Lipinski definition) is 5. The second-order valence-corrected chi connectivity index (χ2v) is 15.5. The number of aromatic nitrogens is 3. The first kappa shape index (κ1) is 37.3. The van der Waals surface area contributed by atoms with Gasteiger partial charge in [-0.05, 0) is 110 Å². The van der Waals surface area contributed by atoms with Crippen molar-refractivity contribution in [2.24, 2.45) is 0 Å². The SMILES string of the molecule is N#Cc1ccc(-c2cccc(-c3nc(-c4cccc(-c5cccc(-c6ccccc6)c5)c4)nc(-c4ccc5c(c4)oc4cccc(-c6cccc(-c7ccccc7)c6)c45)n3)c2)cc1. The van der Waals surface area contributed by atoms with Gasteiger partial charge < -0.3 is 4.42 Å². The normalized spacial score (nSPS) is 11.2. The zero-order valence-electron chi connectivity index (χ0n) is 34.0. The van der Waals surface area contributed by atoms with E-state index >= 15 is 0 Å². The van der Waals surface area contributed by atoms with Gasteiger partial charge in [-0.2, -0.15) is 5.26 Å². The molecule has 0 fully saturated rings. The van der Waals surface area contributed by atoms with Crippen LogP contribution in [-0.2, 0) is 0 Å². The average Bonchev–Trinajstić information content (AvgIpc) is 3.75. The average molecular weight is 805 g/mol. The molecule has 0 aliphatic heterocycles. The number of benzene rings is 9. The molecule has 0 amide bonds. The van der Waals surface area contributed by atoms with Crippen LogP contribution in [0, 0.1) is 11.3 Å². The van der Waals surface area contributed by atoms with E-state index in [4.69, 9.17) is 19.4 Å². The van der Waals surface area contributed by atoms with E-state index < -0.39 is 0 Å². The lowest BCUT2D eigenvalue weighted by Crippen LogP contribution is -2.00. The van der Waals surface area contributed by atoms with Crippen LogP contribution in [0.4, 0.5) is 0 Å². The second-order valence-electron chi connectivity index (χ2n) is 15.5. The summed E-state index contributed by atoms with van der Waals surface area (Å²) in [6.07, 6.45) is 0. The third-order valence-corrected chi connectivity index (χ3v) is 11.6. The van der Waals surface area contributed by atoms with Crippen molar-refractivity contribution in [2.45, 2.75) is 0 Å². The Morgan fingerprint density at radius 2 is 0.714 bits per heavy atom. The van der Waals surface area contributed by atoms with Crippen molar-refractivity contribution in [2.75, 3.05) is 0 Å². The van der Waals surface area contributed by atoms with Gasteiger partial charge in [-0.25, -0.2) is 15.0 Å². The lowest BCUT2D eigenvalue weighted by molar-refractivity contribution is 0.669. The van der Waals surface area contributed by atoms with Crippen molar-refractivity contribution in [3.63, 3.8) is 0 Å². The van der Waals surface area contributed by atoms with Gasteiger partial charge in [0.15, 0.2) is 17.5 Å². The molecule has 0 saturated carbocycles. The summed E-state index contributed by atoms with van der Waals surface area (Å²) < 4.78 is 6.62. The number of fused-ring (bicyclic) bond motifs is 3. The Hall–Kier alpha value is -8.72. The molecule has 0 spiro atoms. The van der Waals surface area contributed by atoms with Crippen molar-refractivity contribution < 1.29 is 4.42 Å². The predicted octanol–water partition coefficient (Wildman–Crippen LogP) is 15.0. The highest BCUT2D eigenvalue weighted by Crippen LogP contribution is 2.40. The van der Waals surface area contributed by atoms with Gasteiger partial charge in [-0.1, -0.05) is 164 Å². The van der Waals surface area contributed by atoms with Crippen LogP contribution in [0.25, 0.3) is 112 Å². The van der Waals surface area contributed by atoms with E-state index in [1.807, 2.05) is 60.7 Å². The Kier molecular flexibility index (Phi) is 9.50. The van der Waals surface area contributed by atoms with Crippen LogP contribution >= 0.6 is 0 Å². The zero-order valence-corrected chi connectivity index (χ0v) is 34.0. The van der Waals surface area contributed by atoms with Crippen LogP contribution in [0.15, 0.2) is 223 Å². The summed E-state index contributed by atoms with van der Waals surface area (Å²) in [6, 6.07) is 77.0. The highest BCUT2D eigenvalue weighted by Gasteiger charge is 2.18. The maximum atomic E-state index is 9.39. The van der Waals surface area contributed by atoms with E-state index in [1.54, 1.807) is 0 Å². The topological polar surface area (TPSA) is 75.6 Å². The fraction of sp³-hybridized carbons (Fsp3) is 0. The molecule has 63 heavy (non-hydrogen) atoms. The van der Waals surface area contributed by atoms with Crippen molar-refractivity contribution in [1.29, 1.82) is 5.26 Å². The molecular weight excluding hydrogens is 769 g/mol. The zero-order chi connectivity index (χ0) is 42.1. The fourth-order valence-electron chi connectivity index (χ4n) is 8.39. The monoisotopic (exact) mass is 804 g/mol. The molecular formula is C58H36N4O. The van der Waals surface area contributed by atoms with Gasteiger partial charge >= 0.3 is 0 Å². The lowest BCUT2D eigenvalue weighted by Gasteiger charge is -2.11. The Labute approximate surface area is 364 Å². The minimum atomic E-state index is 0.536. The predicted molar refractivity (Wildman–Crippen MR) is 255 cm³/mol. The van der Waals surface area contributed by atoms with Gasteiger partial charge in [-0.15, -0.1) is 0 Å². The summed E-state index contributed by atoms with van der Waals surface area (Å²) in [5.74, 6) is 1.64. The number of hydrogen-bond donors (Lipinski definition) is 0. The third kappa shape index (κ3) is 7.33. The number of nitrogens with zero attached hydrogens (tertiary/aromatic N) is 4. The fourth-order valence-corrected chi connectivity index (χ4v) is 8.39. The van der Waals surface area contributed by atoms with Crippen LogP contribution < -0.4 is 0 Å². The molecule has 11 rings (SSSR count). The van der Waals surface area contributed by atoms with E-state index in [1.165, 1.54) is 11.1 Å². The number of rotatable bonds is 8. The highest BCUT2D eigenvalue weighted by molar-refractivity contribution is 6.13. The summed E-state index contributed by atoms with van der Waals surface area (Å²) in [5.41, 5.74) is 15.8. The van der Waals surface area contributed by atoms with Crippen molar-refractivity contribution in [3.8, 4) is 95.9 Å². The third-order valence-electron chi connectivity index (χ3n) is 11.6. The molecule has 2 aromatic heterocycles. The van der Waals surface area contributed by atoms with Gasteiger partial charge in [0.05, 0.1) is 11.6 Å². The summed E-state index contributed by atoms with van der Waals surface area (Å²) in [4.78, 5) is 15.5. The number of nitriles is 1. The molecule has 0 unspecified atom stereocenters. The van der Waals surface area contributed by atoms with Gasteiger partial charge in [0.2, 0.25) is 0 Å². The van der Waals surface area contributed by atoms with Crippen molar-refractivity contribution >= 4 is 21.9 Å². The van der Waals surface area contributed by atoms with Crippen LogP contribution in [0.2, 0.25) is 0 Å². The molecule has 0 aliphatic carbocycles. The van der Waals surface area contributed by atoms with E-state index in [9.17, 15) is 5.26 Å². The minimum Gasteiger partial charge on any atom is -0.456 e. The summed E-state index contributed by atoms with van der Waals surface area (Å²) >= 11 is 0.